The van der Waals surface area contributed by atoms with Gasteiger partial charge in [0.25, 0.3) is 0 Å². The molecule has 2 aliphatic heterocycles. The number of nitrogens with one attached hydrogen (secondary N) is 1. The van der Waals surface area contributed by atoms with Gasteiger partial charge in [0.2, 0.25) is 17.7 Å². The summed E-state index contributed by atoms with van der Waals surface area (Å²) in [5, 5.41) is 2.98. The van der Waals surface area contributed by atoms with Gasteiger partial charge in [-0.3, -0.25) is 24.2 Å². The van der Waals surface area contributed by atoms with E-state index >= 15 is 0 Å². The number of imide groups is 1. The van der Waals surface area contributed by atoms with Crippen molar-refractivity contribution in [2.45, 2.75) is 58.0 Å². The van der Waals surface area contributed by atoms with Gasteiger partial charge in [0.05, 0.1) is 11.8 Å². The molecule has 2 heterocycles. The standard InChI is InChI=1S/C23H31N3O3/c1-2-18(25-12-11-16-7-3-4-8-17(16)14-25)13-24-21(27)15-26-22(28)19-9-5-6-10-20(19)23(26)29/h3-4,7-8,18-20H,2,5-6,9-15H2,1H3,(H,24,27). The number of hydrogen-bond donors (Lipinski definition) is 1. The molecule has 29 heavy (non-hydrogen) atoms. The first-order chi connectivity index (χ1) is 14.1. The maximum Gasteiger partial charge on any atom is 0.240 e. The number of carbonyl (C=O) groups is 3. The predicted molar refractivity (Wildman–Crippen MR) is 110 cm³/mol. The van der Waals surface area contributed by atoms with Crippen molar-refractivity contribution in [2.75, 3.05) is 19.6 Å². The Labute approximate surface area is 172 Å². The highest BCUT2D eigenvalue weighted by molar-refractivity contribution is 6.07. The number of benzene rings is 1. The second-order valence-corrected chi connectivity index (χ2v) is 8.62. The van der Waals surface area contributed by atoms with Gasteiger partial charge in [0, 0.05) is 25.7 Å². The quantitative estimate of drug-likeness (QED) is 0.747. The summed E-state index contributed by atoms with van der Waals surface area (Å²) in [5.41, 5.74) is 2.77. The maximum atomic E-state index is 12.6. The second kappa shape index (κ2) is 8.66. The smallest absolute Gasteiger partial charge is 0.240 e. The van der Waals surface area contributed by atoms with E-state index in [-0.39, 0.29) is 42.1 Å². The van der Waals surface area contributed by atoms with Gasteiger partial charge < -0.3 is 5.32 Å². The van der Waals surface area contributed by atoms with Crippen LogP contribution in [-0.2, 0) is 27.3 Å². The summed E-state index contributed by atoms with van der Waals surface area (Å²) in [4.78, 5) is 41.3. The van der Waals surface area contributed by atoms with Gasteiger partial charge in [0.1, 0.15) is 6.54 Å². The molecule has 3 aliphatic rings. The summed E-state index contributed by atoms with van der Waals surface area (Å²) >= 11 is 0. The third-order valence-corrected chi connectivity index (χ3v) is 6.92. The normalized spacial score (nSPS) is 25.5. The van der Waals surface area contributed by atoms with Crippen LogP contribution >= 0.6 is 0 Å². The zero-order chi connectivity index (χ0) is 20.4. The SMILES string of the molecule is CCC(CNC(=O)CN1C(=O)C2CCCCC2C1=O)N1CCc2ccccc2C1. The van der Waals surface area contributed by atoms with Crippen molar-refractivity contribution >= 4 is 17.7 Å². The molecule has 4 rings (SSSR count). The van der Waals surface area contributed by atoms with Crippen LogP contribution in [0.25, 0.3) is 0 Å². The molecule has 1 aromatic rings. The molecule has 1 saturated heterocycles. The molecule has 3 atom stereocenters. The summed E-state index contributed by atoms with van der Waals surface area (Å²) in [6.07, 6.45) is 5.52. The maximum absolute atomic E-state index is 12.6. The van der Waals surface area contributed by atoms with Gasteiger partial charge >= 0.3 is 0 Å². The lowest BCUT2D eigenvalue weighted by molar-refractivity contribution is -0.143. The Bertz CT molecular complexity index is 769. The molecule has 0 spiro atoms. The lowest BCUT2D eigenvalue weighted by Crippen LogP contribution is -2.48. The average Bonchev–Trinajstić information content (AvgIpc) is 2.99. The highest BCUT2D eigenvalue weighted by Gasteiger charge is 2.48. The van der Waals surface area contributed by atoms with Crippen LogP contribution in [0.4, 0.5) is 0 Å². The zero-order valence-corrected chi connectivity index (χ0v) is 17.2. The number of hydrogen-bond acceptors (Lipinski definition) is 4. The van der Waals surface area contributed by atoms with Gasteiger partial charge in [-0.1, -0.05) is 44.0 Å². The predicted octanol–water partition coefficient (Wildman–Crippen LogP) is 2.11. The van der Waals surface area contributed by atoms with Crippen LogP contribution in [0.3, 0.4) is 0 Å². The summed E-state index contributed by atoms with van der Waals surface area (Å²) < 4.78 is 0. The number of fused-ring (bicyclic) bond motifs is 2. The highest BCUT2D eigenvalue weighted by Crippen LogP contribution is 2.37. The Morgan fingerprint density at radius 3 is 2.41 bits per heavy atom. The minimum atomic E-state index is -0.235. The summed E-state index contributed by atoms with van der Waals surface area (Å²) in [6, 6.07) is 8.78. The third-order valence-electron chi connectivity index (χ3n) is 6.92. The van der Waals surface area contributed by atoms with Crippen LogP contribution < -0.4 is 5.32 Å². The molecule has 6 heteroatoms. The van der Waals surface area contributed by atoms with Crippen molar-refractivity contribution in [1.29, 1.82) is 0 Å². The van der Waals surface area contributed by atoms with Crippen LogP contribution in [0, 0.1) is 11.8 Å². The first kappa shape index (κ1) is 20.1. The molecule has 3 amide bonds. The number of rotatable bonds is 6. The molecule has 1 saturated carbocycles. The first-order valence-electron chi connectivity index (χ1n) is 11.0. The topological polar surface area (TPSA) is 69.7 Å². The van der Waals surface area contributed by atoms with E-state index in [2.05, 4.69) is 41.4 Å². The van der Waals surface area contributed by atoms with Gasteiger partial charge in [-0.05, 0) is 36.8 Å². The van der Waals surface area contributed by atoms with Crippen LogP contribution in [0.15, 0.2) is 24.3 Å². The van der Waals surface area contributed by atoms with E-state index in [0.29, 0.717) is 6.54 Å². The molecular weight excluding hydrogens is 366 g/mol. The van der Waals surface area contributed by atoms with Crippen LogP contribution in [0.5, 0.6) is 0 Å². The number of likely N-dealkylation sites (tertiary alicyclic amines) is 1. The van der Waals surface area contributed by atoms with E-state index in [4.69, 9.17) is 0 Å². The molecule has 3 unspecified atom stereocenters. The largest absolute Gasteiger partial charge is 0.353 e. The van der Waals surface area contributed by atoms with E-state index in [9.17, 15) is 14.4 Å². The lowest BCUT2D eigenvalue weighted by atomic mass is 9.81. The van der Waals surface area contributed by atoms with Gasteiger partial charge in [-0.15, -0.1) is 0 Å². The van der Waals surface area contributed by atoms with Crippen LogP contribution in [0.2, 0.25) is 0 Å². The molecule has 6 nitrogen and oxygen atoms in total. The molecule has 156 valence electrons. The number of nitrogens with zero attached hydrogens (tertiary/aromatic N) is 2. The minimum Gasteiger partial charge on any atom is -0.353 e. The van der Waals surface area contributed by atoms with Gasteiger partial charge in [-0.25, -0.2) is 0 Å². The molecule has 0 aromatic heterocycles. The third kappa shape index (κ3) is 4.08. The van der Waals surface area contributed by atoms with E-state index in [1.165, 1.54) is 16.0 Å². The van der Waals surface area contributed by atoms with Crippen LogP contribution in [0.1, 0.15) is 50.2 Å². The van der Waals surface area contributed by atoms with E-state index in [0.717, 1.165) is 51.6 Å². The van der Waals surface area contributed by atoms with E-state index < -0.39 is 0 Å². The molecule has 1 aromatic carbocycles. The summed E-state index contributed by atoms with van der Waals surface area (Å²) in [5.74, 6) is -0.910. The lowest BCUT2D eigenvalue weighted by Gasteiger charge is -2.35. The van der Waals surface area contributed by atoms with Crippen molar-refractivity contribution in [3.63, 3.8) is 0 Å². The zero-order valence-electron chi connectivity index (χ0n) is 17.2. The van der Waals surface area contributed by atoms with Gasteiger partial charge in [-0.2, -0.15) is 0 Å². The Balaban J connectivity index is 1.31. The first-order valence-corrected chi connectivity index (χ1v) is 11.0. The molecule has 0 bridgehead atoms. The Hall–Kier alpha value is -2.21. The van der Waals surface area contributed by atoms with Crippen LogP contribution in [-0.4, -0.2) is 53.2 Å². The molecule has 1 N–H and O–H groups in total. The summed E-state index contributed by atoms with van der Waals surface area (Å²) in [6.45, 7) is 4.43. The fraction of sp³-hybridized carbons (Fsp3) is 0.609. The number of amides is 3. The fourth-order valence-corrected chi connectivity index (χ4v) is 5.18. The van der Waals surface area contributed by atoms with Crippen molar-refractivity contribution in [3.8, 4) is 0 Å². The molecule has 2 fully saturated rings. The van der Waals surface area contributed by atoms with E-state index in [1.54, 1.807) is 0 Å². The minimum absolute atomic E-state index is 0.135. The Morgan fingerprint density at radius 2 is 1.76 bits per heavy atom. The second-order valence-electron chi connectivity index (χ2n) is 8.62. The Morgan fingerprint density at radius 1 is 1.10 bits per heavy atom. The fourth-order valence-electron chi connectivity index (χ4n) is 5.18. The molecular formula is C23H31N3O3. The van der Waals surface area contributed by atoms with Gasteiger partial charge in [0.15, 0.2) is 0 Å². The Kier molecular flexibility index (Phi) is 5.99. The average molecular weight is 398 g/mol. The van der Waals surface area contributed by atoms with Crippen molar-refractivity contribution in [3.05, 3.63) is 35.4 Å². The summed E-state index contributed by atoms with van der Waals surface area (Å²) in [7, 11) is 0. The molecule has 1 aliphatic carbocycles. The highest BCUT2D eigenvalue weighted by atomic mass is 16.2. The van der Waals surface area contributed by atoms with E-state index in [1.807, 2.05) is 0 Å². The number of carbonyl (C=O) groups excluding carboxylic acids is 3. The monoisotopic (exact) mass is 397 g/mol. The van der Waals surface area contributed by atoms with Crippen molar-refractivity contribution < 1.29 is 14.4 Å². The van der Waals surface area contributed by atoms with Crippen molar-refractivity contribution in [1.82, 2.24) is 15.1 Å². The molecule has 0 radical (unpaired) electrons. The van der Waals surface area contributed by atoms with Crippen molar-refractivity contribution in [2.24, 2.45) is 11.8 Å².